The molecule has 1 rings (SSSR count). The molecule has 8 heteroatoms. The van der Waals surface area contributed by atoms with Crippen LogP contribution in [-0.4, -0.2) is 34.6 Å². The third-order valence-corrected chi connectivity index (χ3v) is 4.60. The van der Waals surface area contributed by atoms with E-state index in [1.54, 1.807) is 37.3 Å². The predicted octanol–water partition coefficient (Wildman–Crippen LogP) is 3.63. The van der Waals surface area contributed by atoms with Crippen molar-refractivity contribution < 1.29 is 30.8 Å². The molecule has 0 N–H and O–H groups in total. The van der Waals surface area contributed by atoms with Gasteiger partial charge in [0, 0.05) is 12.7 Å². The van der Waals surface area contributed by atoms with Crippen LogP contribution in [0, 0.1) is 0 Å². The Labute approximate surface area is 121 Å². The third-order valence-electron chi connectivity index (χ3n) is 2.63. The first kappa shape index (κ1) is 18.1. The minimum absolute atomic E-state index is 0.00119. The lowest BCUT2D eigenvalue weighted by atomic mass is 10.2. The van der Waals surface area contributed by atoms with Crippen LogP contribution in [0.2, 0.25) is 0 Å². The fourth-order valence-electron chi connectivity index (χ4n) is 1.52. The smallest absolute Gasteiger partial charge is 0.396 e. The molecule has 1 atom stereocenters. The molecule has 1 aromatic rings. The lowest BCUT2D eigenvalue weighted by Gasteiger charge is -2.28. The van der Waals surface area contributed by atoms with Gasteiger partial charge in [-0.15, -0.1) is 0 Å². The highest BCUT2D eigenvalue weighted by molar-refractivity contribution is 6.44. The van der Waals surface area contributed by atoms with Crippen molar-refractivity contribution in [3.05, 3.63) is 35.9 Å². The van der Waals surface area contributed by atoms with E-state index in [4.69, 9.17) is 4.43 Å². The Kier molecular flexibility index (Phi) is 6.76. The van der Waals surface area contributed by atoms with Crippen molar-refractivity contribution in [2.45, 2.75) is 31.4 Å². The molecule has 0 bridgehead atoms. The number of halogens is 5. The zero-order valence-electron chi connectivity index (χ0n) is 11.5. The van der Waals surface area contributed by atoms with Crippen LogP contribution in [0.25, 0.3) is 0 Å². The molecule has 0 saturated heterocycles. The Hall–Kier alpha value is -0.993. The van der Waals surface area contributed by atoms with Crippen LogP contribution < -0.4 is 0 Å². The van der Waals surface area contributed by atoms with Gasteiger partial charge in [-0.2, -0.15) is 17.6 Å². The van der Waals surface area contributed by atoms with Gasteiger partial charge in [0.1, 0.15) is 0 Å². The third kappa shape index (κ3) is 5.37. The Balaban J connectivity index is 2.78. The van der Waals surface area contributed by atoms with Crippen molar-refractivity contribution in [1.82, 2.24) is 0 Å². The van der Waals surface area contributed by atoms with Crippen LogP contribution in [0.5, 0.6) is 0 Å². The summed E-state index contributed by atoms with van der Waals surface area (Å²) in [4.78, 5) is 0. The molecule has 0 fully saturated rings. The zero-order chi connectivity index (χ0) is 15.9. The van der Waals surface area contributed by atoms with Crippen molar-refractivity contribution in [3.8, 4) is 0 Å². The molecule has 0 aliphatic rings. The van der Waals surface area contributed by atoms with E-state index < -0.39 is 28.0 Å². The SMILES string of the molecule is CCCO[SiH](Cc1ccccc1)OC(F)(F)C(F)(F)CF. The van der Waals surface area contributed by atoms with Gasteiger partial charge in [-0.25, -0.2) is 4.39 Å². The maximum Gasteiger partial charge on any atom is 0.414 e. The van der Waals surface area contributed by atoms with E-state index in [0.717, 1.165) is 0 Å². The first-order chi connectivity index (χ1) is 9.82. The van der Waals surface area contributed by atoms with E-state index in [2.05, 4.69) is 4.43 Å². The van der Waals surface area contributed by atoms with Crippen molar-refractivity contribution in [2.24, 2.45) is 0 Å². The maximum atomic E-state index is 13.3. The van der Waals surface area contributed by atoms with E-state index >= 15 is 0 Å². The van der Waals surface area contributed by atoms with Crippen LogP contribution in [0.15, 0.2) is 30.3 Å². The van der Waals surface area contributed by atoms with Gasteiger partial charge in [-0.05, 0) is 12.0 Å². The summed E-state index contributed by atoms with van der Waals surface area (Å²) in [5.41, 5.74) is 0.643. The van der Waals surface area contributed by atoms with Gasteiger partial charge in [-0.1, -0.05) is 37.3 Å². The van der Waals surface area contributed by atoms with Crippen molar-refractivity contribution in [1.29, 1.82) is 0 Å². The van der Waals surface area contributed by atoms with Gasteiger partial charge < -0.3 is 8.85 Å². The minimum atomic E-state index is -4.87. The Morgan fingerprint density at radius 1 is 1.10 bits per heavy atom. The van der Waals surface area contributed by atoms with E-state index in [-0.39, 0.29) is 12.7 Å². The largest absolute Gasteiger partial charge is 0.414 e. The van der Waals surface area contributed by atoms with Gasteiger partial charge in [-0.3, -0.25) is 0 Å². The molecular formula is C13H17F5O2Si. The fourth-order valence-corrected chi connectivity index (χ4v) is 3.45. The summed E-state index contributed by atoms with van der Waals surface area (Å²) in [6.07, 6.45) is -4.34. The molecule has 2 nitrogen and oxygen atoms in total. The summed E-state index contributed by atoms with van der Waals surface area (Å²) >= 11 is 0. The van der Waals surface area contributed by atoms with Crippen molar-refractivity contribution >= 4 is 9.28 Å². The van der Waals surface area contributed by atoms with E-state index in [9.17, 15) is 22.0 Å². The van der Waals surface area contributed by atoms with Crippen LogP contribution in [0.3, 0.4) is 0 Å². The summed E-state index contributed by atoms with van der Waals surface area (Å²) in [6, 6.07) is 8.43. The first-order valence-corrected chi connectivity index (χ1v) is 8.23. The van der Waals surface area contributed by atoms with Gasteiger partial charge in [0.25, 0.3) is 0 Å². The number of rotatable bonds is 9. The molecule has 21 heavy (non-hydrogen) atoms. The van der Waals surface area contributed by atoms with Crippen molar-refractivity contribution in [2.75, 3.05) is 13.3 Å². The van der Waals surface area contributed by atoms with Crippen LogP contribution in [-0.2, 0) is 14.9 Å². The van der Waals surface area contributed by atoms with E-state index in [0.29, 0.717) is 12.0 Å². The monoisotopic (exact) mass is 328 g/mol. The highest BCUT2D eigenvalue weighted by atomic mass is 28.3. The quantitative estimate of drug-likeness (QED) is 0.509. The second-order valence-corrected chi connectivity index (χ2v) is 6.30. The summed E-state index contributed by atoms with van der Waals surface area (Å²) in [6.45, 7) is -0.608. The van der Waals surface area contributed by atoms with E-state index in [1.165, 1.54) is 0 Å². The lowest BCUT2D eigenvalue weighted by molar-refractivity contribution is -0.319. The fraction of sp³-hybridized carbons (Fsp3) is 0.538. The van der Waals surface area contributed by atoms with Crippen molar-refractivity contribution in [3.63, 3.8) is 0 Å². The molecule has 0 radical (unpaired) electrons. The summed E-state index contributed by atoms with van der Waals surface area (Å²) < 4.78 is 73.8. The minimum Gasteiger partial charge on any atom is -0.396 e. The molecule has 120 valence electrons. The molecule has 0 amide bonds. The van der Waals surface area contributed by atoms with Crippen LogP contribution >= 0.6 is 0 Å². The predicted molar refractivity (Wildman–Crippen MR) is 70.5 cm³/mol. The van der Waals surface area contributed by atoms with Gasteiger partial charge >= 0.3 is 21.3 Å². The number of hydrogen-bond donors (Lipinski definition) is 0. The summed E-state index contributed by atoms with van der Waals surface area (Å²) in [5, 5.41) is 0. The van der Waals surface area contributed by atoms with Gasteiger partial charge in [0.2, 0.25) is 0 Å². The summed E-state index contributed by atoms with van der Waals surface area (Å²) in [5.74, 6) is -4.86. The van der Waals surface area contributed by atoms with E-state index in [1.807, 2.05) is 0 Å². The summed E-state index contributed by atoms with van der Waals surface area (Å²) in [7, 11) is -3.11. The number of alkyl halides is 5. The standard InChI is InChI=1S/C13H17F5O2Si/c1-2-8-19-21(9-11-6-4-3-5-7-11)20-13(17,18)12(15,16)10-14/h3-7,21H,2,8-10H2,1H3. The topological polar surface area (TPSA) is 18.5 Å². The first-order valence-electron chi connectivity index (χ1n) is 6.47. The van der Waals surface area contributed by atoms with Gasteiger partial charge in [0.15, 0.2) is 6.67 Å². The molecule has 1 aromatic carbocycles. The normalized spacial score (nSPS) is 14.2. The molecule has 0 aliphatic carbocycles. The molecular weight excluding hydrogens is 311 g/mol. The average Bonchev–Trinajstić information content (AvgIpc) is 2.45. The van der Waals surface area contributed by atoms with Crippen LogP contribution in [0.1, 0.15) is 18.9 Å². The highest BCUT2D eigenvalue weighted by Crippen LogP contribution is 2.36. The molecule has 0 spiro atoms. The highest BCUT2D eigenvalue weighted by Gasteiger charge is 2.59. The Morgan fingerprint density at radius 2 is 1.71 bits per heavy atom. The Bertz CT molecular complexity index is 416. The lowest BCUT2D eigenvalue weighted by Crippen LogP contribution is -2.49. The Morgan fingerprint density at radius 3 is 2.24 bits per heavy atom. The second-order valence-electron chi connectivity index (χ2n) is 4.46. The average molecular weight is 328 g/mol. The number of benzene rings is 1. The number of hydrogen-bond acceptors (Lipinski definition) is 2. The zero-order valence-corrected chi connectivity index (χ0v) is 12.7. The van der Waals surface area contributed by atoms with Crippen LogP contribution in [0.4, 0.5) is 22.0 Å². The molecule has 0 aromatic heterocycles. The molecule has 0 aliphatic heterocycles. The van der Waals surface area contributed by atoms with Gasteiger partial charge in [0.05, 0.1) is 0 Å². The maximum absolute atomic E-state index is 13.3. The molecule has 1 unspecified atom stereocenters. The second kappa shape index (κ2) is 7.86. The molecule has 0 saturated carbocycles. The molecule has 0 heterocycles.